The predicted molar refractivity (Wildman–Crippen MR) is 238 cm³/mol. The summed E-state index contributed by atoms with van der Waals surface area (Å²) < 4.78 is 8.64. The van der Waals surface area contributed by atoms with Crippen LogP contribution in [0.1, 0.15) is 24.0 Å². The molecule has 56 heavy (non-hydrogen) atoms. The average molecular weight is 740 g/mol. The molecule has 0 atom stereocenters. The molecule has 1 aliphatic rings. The number of thiophene rings is 1. The molecule has 5 heteroatoms. The number of fused-ring (bicyclic) bond motifs is 6. The van der Waals surface area contributed by atoms with Crippen molar-refractivity contribution in [3.05, 3.63) is 193 Å². The Hall–Kier alpha value is -6.82. The lowest BCUT2D eigenvalue weighted by atomic mass is 9.95. The maximum Gasteiger partial charge on any atom is 0.157 e. The van der Waals surface area contributed by atoms with Crippen LogP contribution in [0.2, 0.25) is 0 Å². The third-order valence-corrected chi connectivity index (χ3v) is 11.9. The summed E-state index contributed by atoms with van der Waals surface area (Å²) in [7, 11) is 0. The summed E-state index contributed by atoms with van der Waals surface area (Å²) in [6.07, 6.45) is 8.49. The van der Waals surface area contributed by atoms with Crippen LogP contribution >= 0.6 is 11.3 Å². The van der Waals surface area contributed by atoms with Crippen molar-refractivity contribution in [1.82, 2.24) is 0 Å². The number of aliphatic imine (C=N–C) groups is 2. The summed E-state index contributed by atoms with van der Waals surface area (Å²) in [4.78, 5) is 10.4. The number of para-hydroxylation sites is 1. The normalized spacial score (nSPS) is 13.6. The van der Waals surface area contributed by atoms with E-state index < -0.39 is 0 Å². The Kier molecular flexibility index (Phi) is 8.70. The van der Waals surface area contributed by atoms with Gasteiger partial charge in [-0.05, 0) is 88.7 Å². The molecular weight excluding hydrogens is 703 g/mol. The van der Waals surface area contributed by atoms with Crippen molar-refractivity contribution >= 4 is 65.1 Å². The van der Waals surface area contributed by atoms with E-state index in [0.717, 1.165) is 68.0 Å². The lowest BCUT2D eigenvalue weighted by Gasteiger charge is -2.11. The molecule has 0 radical (unpaired) electrons. The van der Waals surface area contributed by atoms with Crippen molar-refractivity contribution in [2.24, 2.45) is 15.7 Å². The smallest absolute Gasteiger partial charge is 0.157 e. The Morgan fingerprint density at radius 2 is 1.38 bits per heavy atom. The summed E-state index contributed by atoms with van der Waals surface area (Å²) in [5, 5.41) is 4.50. The molecule has 4 nitrogen and oxygen atoms in total. The second-order valence-corrected chi connectivity index (χ2v) is 15.3. The molecule has 0 unspecified atom stereocenters. The van der Waals surface area contributed by atoms with Gasteiger partial charge in [0.1, 0.15) is 17.0 Å². The first-order chi connectivity index (χ1) is 27.7. The maximum atomic E-state index is 7.14. The first-order valence-electron chi connectivity index (χ1n) is 19.0. The standard InChI is InChI=1S/C51H37N3OS/c52-50(42-23-13-25-47-48(42)44-30-39(34-16-6-2-7-17-34)29-43(49(44)56-47)35-18-8-3-9-19-35)54-51(53-32-33-14-4-1-5-15-33)38-21-12-20-36(28-38)37-26-27-41-40-22-10-11-24-45(40)55-46(41)31-37/h1-4,6-14,16-31H,5,15,32H2,(H2,52,53,54). The van der Waals surface area contributed by atoms with Crippen LogP contribution in [0, 0.1) is 0 Å². The van der Waals surface area contributed by atoms with E-state index in [4.69, 9.17) is 20.1 Å². The van der Waals surface area contributed by atoms with Crippen molar-refractivity contribution < 1.29 is 4.42 Å². The topological polar surface area (TPSA) is 63.9 Å². The van der Waals surface area contributed by atoms with Crippen LogP contribution in [0.25, 0.3) is 75.5 Å². The van der Waals surface area contributed by atoms with Crippen LogP contribution in [0.3, 0.4) is 0 Å². The molecule has 0 spiro atoms. The number of benzene rings is 7. The fraction of sp³-hybridized carbons (Fsp3) is 0.0588. The van der Waals surface area contributed by atoms with Crippen LogP contribution in [-0.2, 0) is 0 Å². The fourth-order valence-electron chi connectivity index (χ4n) is 7.84. The number of nitrogens with two attached hydrogens (primary N) is 1. The quantitative estimate of drug-likeness (QED) is 0.131. The zero-order valence-electron chi connectivity index (χ0n) is 30.7. The number of rotatable bonds is 7. The Labute approximate surface area is 329 Å². The molecule has 268 valence electrons. The van der Waals surface area contributed by atoms with Gasteiger partial charge in [0.15, 0.2) is 5.84 Å². The molecule has 0 aliphatic heterocycles. The Bertz CT molecular complexity index is 3060. The van der Waals surface area contributed by atoms with Crippen molar-refractivity contribution in [2.75, 3.05) is 6.54 Å². The Balaban J connectivity index is 1.11. The van der Waals surface area contributed by atoms with E-state index in [1.165, 1.54) is 37.0 Å². The summed E-state index contributed by atoms with van der Waals surface area (Å²) in [6.45, 7) is 0.554. The molecule has 2 heterocycles. The van der Waals surface area contributed by atoms with E-state index in [9.17, 15) is 0 Å². The van der Waals surface area contributed by atoms with Gasteiger partial charge in [-0.1, -0.05) is 133 Å². The molecule has 0 amide bonds. The van der Waals surface area contributed by atoms with Gasteiger partial charge in [0.2, 0.25) is 0 Å². The lowest BCUT2D eigenvalue weighted by Crippen LogP contribution is -2.17. The Morgan fingerprint density at radius 1 is 0.625 bits per heavy atom. The third-order valence-electron chi connectivity index (χ3n) is 10.7. The van der Waals surface area contributed by atoms with Gasteiger partial charge in [-0.25, -0.2) is 4.99 Å². The zero-order valence-corrected chi connectivity index (χ0v) is 31.5. The average Bonchev–Trinajstić information content (AvgIpc) is 3.84. The SMILES string of the molecule is N/C(=N\C(=N/CC1=CC=CCC1)c1cccc(-c2ccc3c(c2)oc2ccccc23)c1)c1cccc2sc3c(-c4ccccc4)cc(-c4ccccc4)cc3c12. The molecule has 1 aliphatic carbocycles. The highest BCUT2D eigenvalue weighted by Gasteiger charge is 2.18. The minimum Gasteiger partial charge on any atom is -0.456 e. The lowest BCUT2D eigenvalue weighted by molar-refractivity contribution is 0.669. The number of nitrogens with zero attached hydrogens (tertiary/aromatic N) is 2. The number of furan rings is 1. The van der Waals surface area contributed by atoms with Crippen LogP contribution in [0.5, 0.6) is 0 Å². The second kappa shape index (κ2) is 14.4. The first-order valence-corrected chi connectivity index (χ1v) is 19.8. The number of amidine groups is 2. The van der Waals surface area contributed by atoms with Gasteiger partial charge in [-0.2, -0.15) is 0 Å². The summed E-state index contributed by atoms with van der Waals surface area (Å²) in [5.74, 6) is 1.04. The van der Waals surface area contributed by atoms with Crippen molar-refractivity contribution in [3.8, 4) is 33.4 Å². The molecule has 0 fully saturated rings. The van der Waals surface area contributed by atoms with Gasteiger partial charge in [0.25, 0.3) is 0 Å². The predicted octanol–water partition coefficient (Wildman–Crippen LogP) is 13.4. The highest BCUT2D eigenvalue weighted by molar-refractivity contribution is 7.26. The second-order valence-electron chi connectivity index (χ2n) is 14.2. The monoisotopic (exact) mass is 739 g/mol. The van der Waals surface area contributed by atoms with Crippen LogP contribution in [0.4, 0.5) is 0 Å². The largest absolute Gasteiger partial charge is 0.456 e. The summed E-state index contributed by atoms with van der Waals surface area (Å²) >= 11 is 1.80. The van der Waals surface area contributed by atoms with Gasteiger partial charge in [-0.3, -0.25) is 4.99 Å². The highest BCUT2D eigenvalue weighted by Crippen LogP contribution is 2.44. The van der Waals surface area contributed by atoms with E-state index in [1.54, 1.807) is 11.3 Å². The van der Waals surface area contributed by atoms with E-state index in [1.807, 2.05) is 18.2 Å². The maximum absolute atomic E-state index is 7.14. The molecule has 0 saturated carbocycles. The third kappa shape index (κ3) is 6.32. The van der Waals surface area contributed by atoms with Crippen LogP contribution < -0.4 is 5.73 Å². The van der Waals surface area contributed by atoms with E-state index >= 15 is 0 Å². The summed E-state index contributed by atoms with van der Waals surface area (Å²) in [6, 6.07) is 55.3. The van der Waals surface area contributed by atoms with E-state index in [-0.39, 0.29) is 0 Å². The van der Waals surface area contributed by atoms with Crippen molar-refractivity contribution in [2.45, 2.75) is 12.8 Å². The minimum atomic E-state index is 0.437. The molecule has 0 saturated heterocycles. The molecular formula is C51H37N3OS. The van der Waals surface area contributed by atoms with Crippen molar-refractivity contribution in [1.29, 1.82) is 0 Å². The fourth-order valence-corrected chi connectivity index (χ4v) is 9.09. The molecule has 2 aromatic heterocycles. The summed E-state index contributed by atoms with van der Waals surface area (Å²) in [5.41, 5.74) is 18.8. The van der Waals surface area contributed by atoms with E-state index in [0.29, 0.717) is 18.2 Å². The van der Waals surface area contributed by atoms with Gasteiger partial charge in [0.05, 0.1) is 6.54 Å². The van der Waals surface area contributed by atoms with Crippen LogP contribution in [0.15, 0.2) is 196 Å². The number of hydrogen-bond donors (Lipinski definition) is 1. The number of allylic oxidation sites excluding steroid dienone is 3. The van der Waals surface area contributed by atoms with Gasteiger partial charge < -0.3 is 10.2 Å². The van der Waals surface area contributed by atoms with Crippen molar-refractivity contribution in [3.63, 3.8) is 0 Å². The Morgan fingerprint density at radius 3 is 2.21 bits per heavy atom. The highest BCUT2D eigenvalue weighted by atomic mass is 32.1. The number of hydrogen-bond acceptors (Lipinski definition) is 3. The van der Waals surface area contributed by atoms with Gasteiger partial charge >= 0.3 is 0 Å². The zero-order chi connectivity index (χ0) is 37.4. The first kappa shape index (κ1) is 33.7. The molecule has 2 N–H and O–H groups in total. The van der Waals surface area contributed by atoms with Gasteiger partial charge in [-0.15, -0.1) is 11.3 Å². The molecule has 9 aromatic rings. The van der Waals surface area contributed by atoms with Crippen LogP contribution in [-0.4, -0.2) is 18.2 Å². The minimum absolute atomic E-state index is 0.437. The van der Waals surface area contributed by atoms with E-state index in [2.05, 4.69) is 158 Å². The molecule has 7 aromatic carbocycles. The van der Waals surface area contributed by atoms with Gasteiger partial charge in [0, 0.05) is 47.6 Å². The molecule has 0 bridgehead atoms. The molecule has 10 rings (SSSR count).